The summed E-state index contributed by atoms with van der Waals surface area (Å²) in [6, 6.07) is -1.16. The molecule has 0 aliphatic carbocycles. The smallest absolute Gasteiger partial charge is 0.161 e. The first-order valence-electron chi connectivity index (χ1n) is 13.9. The fraction of sp³-hybridized carbons (Fsp3) is 0.700. The van der Waals surface area contributed by atoms with Crippen LogP contribution in [0.1, 0.15) is 67.0 Å². The van der Waals surface area contributed by atoms with E-state index in [2.05, 4.69) is 0 Å². The minimum absolute atomic E-state index is 0.0343. The van der Waals surface area contributed by atoms with Crippen LogP contribution >= 0.6 is 0 Å². The van der Waals surface area contributed by atoms with Crippen molar-refractivity contribution in [1.82, 2.24) is 4.90 Å². The Labute approximate surface area is 162 Å². The molecule has 1 aromatic rings. The number of methoxy groups -OCH3 is 2. The summed E-state index contributed by atoms with van der Waals surface area (Å²) < 4.78 is 110. The Morgan fingerprint density at radius 1 is 1.42 bits per heavy atom. The number of piperidine rings is 1. The second-order valence-electron chi connectivity index (χ2n) is 6.35. The van der Waals surface area contributed by atoms with Crippen molar-refractivity contribution in [2.24, 2.45) is 11.3 Å². The first kappa shape index (κ1) is 7.96. The fourth-order valence-corrected chi connectivity index (χ4v) is 3.30. The normalized spacial score (nSPS) is 38.4. The predicted molar refractivity (Wildman–Crippen MR) is 95.7 cm³/mol. The third-order valence-electron chi connectivity index (χ3n) is 4.36. The Kier molecular flexibility index (Phi) is 2.18. The van der Waals surface area contributed by atoms with E-state index in [1.54, 1.807) is 0 Å². The molecule has 0 bridgehead atoms. The second-order valence-corrected chi connectivity index (χ2v) is 6.35. The minimum Gasteiger partial charge on any atom is -0.493 e. The van der Waals surface area contributed by atoms with Crippen molar-refractivity contribution in [1.29, 1.82) is 0 Å². The Morgan fingerprint density at radius 2 is 2.12 bits per heavy atom. The van der Waals surface area contributed by atoms with Crippen LogP contribution < -0.4 is 9.47 Å². The zero-order valence-electron chi connectivity index (χ0n) is 26.1. The van der Waals surface area contributed by atoms with Crippen LogP contribution in [0.5, 0.6) is 11.5 Å². The van der Waals surface area contributed by atoms with E-state index in [0.29, 0.717) is 5.56 Å². The Morgan fingerprint density at radius 3 is 2.79 bits per heavy atom. The number of benzene rings is 1. The lowest BCUT2D eigenvalue weighted by atomic mass is 9.75. The molecule has 0 amide bonds. The number of hydrogen-bond donors (Lipinski definition) is 1. The van der Waals surface area contributed by atoms with Crippen LogP contribution in [-0.4, -0.2) is 43.4 Å². The van der Waals surface area contributed by atoms with Gasteiger partial charge in [0.2, 0.25) is 0 Å². The predicted octanol–water partition coefficient (Wildman–Crippen LogP) is 3.42. The van der Waals surface area contributed by atoms with Crippen LogP contribution in [0.25, 0.3) is 0 Å². The van der Waals surface area contributed by atoms with E-state index in [0.717, 1.165) is 6.92 Å². The number of fused-ring (bicyclic) bond motifs is 3. The number of hydrogen-bond acceptors (Lipinski definition) is 4. The third-order valence-corrected chi connectivity index (χ3v) is 4.36. The van der Waals surface area contributed by atoms with Crippen LogP contribution in [0, 0.1) is 11.3 Å². The zero-order chi connectivity index (χ0) is 27.8. The number of nitrogens with zero attached hydrogens (tertiary/aromatic N) is 1. The van der Waals surface area contributed by atoms with Gasteiger partial charge in [-0.3, -0.25) is 4.90 Å². The molecule has 0 aromatic heterocycles. The van der Waals surface area contributed by atoms with E-state index in [1.807, 2.05) is 0 Å². The van der Waals surface area contributed by atoms with Gasteiger partial charge < -0.3 is 14.6 Å². The van der Waals surface area contributed by atoms with Crippen molar-refractivity contribution >= 4 is 0 Å². The largest absolute Gasteiger partial charge is 0.493 e. The van der Waals surface area contributed by atoms with Gasteiger partial charge in [-0.15, -0.1) is 0 Å². The molecular weight excluding hydrogens is 302 g/mol. The van der Waals surface area contributed by atoms with Crippen molar-refractivity contribution < 1.29 is 31.0 Å². The first-order chi connectivity index (χ1) is 16.2. The zero-order valence-corrected chi connectivity index (χ0v) is 14.1. The van der Waals surface area contributed by atoms with Gasteiger partial charge in [0.05, 0.1) is 23.1 Å². The van der Waals surface area contributed by atoms with Gasteiger partial charge >= 0.3 is 0 Å². The van der Waals surface area contributed by atoms with Gasteiger partial charge in [0.15, 0.2) is 11.5 Å². The molecular formula is C20H31NO3. The summed E-state index contributed by atoms with van der Waals surface area (Å²) in [5, 5.41) is 11.1. The maximum atomic E-state index is 11.1. The average Bonchev–Trinajstić information content (AvgIpc) is 2.72. The molecule has 2 aliphatic rings. The molecule has 134 valence electrons. The van der Waals surface area contributed by atoms with Crippen molar-refractivity contribution in [2.45, 2.75) is 52.0 Å². The topological polar surface area (TPSA) is 41.9 Å². The van der Waals surface area contributed by atoms with Crippen LogP contribution in [0.2, 0.25) is 0 Å². The molecule has 0 radical (unpaired) electrons. The lowest BCUT2D eigenvalue weighted by molar-refractivity contribution is -0.0259. The third kappa shape index (κ3) is 3.40. The average molecular weight is 346 g/mol. The summed E-state index contributed by atoms with van der Waals surface area (Å²) in [7, 11) is 2.63. The van der Waals surface area contributed by atoms with E-state index >= 15 is 0 Å². The minimum atomic E-state index is -3.35. The highest BCUT2D eigenvalue weighted by molar-refractivity contribution is 5.49. The SMILES string of the molecule is [2H]c1c2c(c([2H])c(OC)c1OC)C1CC(O)C(C([2H])([2H])C(C)(C([2H])([2H])[2H])C([2H])([2H])[2H])C([2H])([2H])N1CC2. The lowest BCUT2D eigenvalue weighted by Crippen LogP contribution is -2.48. The Balaban J connectivity index is 2.20. The van der Waals surface area contributed by atoms with Gasteiger partial charge in [-0.25, -0.2) is 0 Å². The lowest BCUT2D eigenvalue weighted by Gasteiger charge is -2.47. The van der Waals surface area contributed by atoms with Crippen LogP contribution in [0.3, 0.4) is 0 Å². The highest BCUT2D eigenvalue weighted by Gasteiger charge is 2.39. The molecule has 1 aromatic carbocycles. The molecule has 1 N–H and O–H groups in total. The van der Waals surface area contributed by atoms with E-state index < -0.39 is 50.1 Å². The van der Waals surface area contributed by atoms with Crippen LogP contribution in [0.4, 0.5) is 0 Å². The molecule has 2 heterocycles. The van der Waals surface area contributed by atoms with Crippen molar-refractivity contribution in [3.8, 4) is 11.5 Å². The first-order valence-corrected chi connectivity index (χ1v) is 7.90. The summed E-state index contributed by atoms with van der Waals surface area (Å²) in [5.74, 6) is -2.03. The number of rotatable bonds is 3. The van der Waals surface area contributed by atoms with Gasteiger partial charge in [-0.1, -0.05) is 20.6 Å². The quantitative estimate of drug-likeness (QED) is 0.911. The molecule has 2 aliphatic heterocycles. The molecule has 24 heavy (non-hydrogen) atoms. The van der Waals surface area contributed by atoms with Gasteiger partial charge in [-0.2, -0.15) is 0 Å². The highest BCUT2D eigenvalue weighted by atomic mass is 16.5. The summed E-state index contributed by atoms with van der Waals surface area (Å²) in [5.41, 5.74) is -2.35. The Bertz CT molecular complexity index is 1010. The van der Waals surface area contributed by atoms with E-state index in [4.69, 9.17) is 25.9 Å². The maximum Gasteiger partial charge on any atom is 0.161 e. The molecule has 4 nitrogen and oxygen atoms in total. The van der Waals surface area contributed by atoms with Gasteiger partial charge in [0.1, 0.15) is 0 Å². The molecule has 1 fully saturated rings. The van der Waals surface area contributed by atoms with Crippen LogP contribution in [0.15, 0.2) is 12.1 Å². The van der Waals surface area contributed by atoms with Gasteiger partial charge in [0.25, 0.3) is 0 Å². The molecule has 3 rings (SSSR count). The molecule has 3 unspecified atom stereocenters. The van der Waals surface area contributed by atoms with Gasteiger partial charge in [0, 0.05) is 32.8 Å². The maximum absolute atomic E-state index is 11.1. The number of aliphatic hydroxyl groups excluding tert-OH is 1. The van der Waals surface area contributed by atoms with E-state index in [-0.39, 0.29) is 48.5 Å². The molecule has 3 atom stereocenters. The van der Waals surface area contributed by atoms with E-state index in [1.165, 1.54) is 19.1 Å². The number of aliphatic hydroxyl groups is 1. The molecule has 4 heteroatoms. The summed E-state index contributed by atoms with van der Waals surface area (Å²) in [6.45, 7) is -8.69. The van der Waals surface area contributed by atoms with Crippen molar-refractivity contribution in [3.05, 3.63) is 23.2 Å². The van der Waals surface area contributed by atoms with Crippen molar-refractivity contribution in [2.75, 3.05) is 27.3 Å². The molecule has 0 spiro atoms. The van der Waals surface area contributed by atoms with Crippen LogP contribution in [-0.2, 0) is 6.42 Å². The molecule has 1 saturated heterocycles. The fourth-order valence-electron chi connectivity index (χ4n) is 3.30. The van der Waals surface area contributed by atoms with E-state index in [9.17, 15) is 5.11 Å². The standard InChI is InChI=1S/C20H31NO3/c1-20(2,3)11-14-12-21-7-6-13-8-18(23-4)19(24-5)9-15(13)16(21)10-17(14)22/h8-9,14,16-17,22H,6-7,10-12H2,1-5H3/i1D3,2D3,8D,9D,11D2,12D2. The summed E-state index contributed by atoms with van der Waals surface area (Å²) >= 11 is 0. The second kappa shape index (κ2) is 6.57. The summed E-state index contributed by atoms with van der Waals surface area (Å²) in [6.07, 6.45) is -5.22. The van der Waals surface area contributed by atoms with Gasteiger partial charge in [-0.05, 0) is 53.8 Å². The number of ether oxygens (including phenoxy) is 2. The van der Waals surface area contributed by atoms with Crippen molar-refractivity contribution in [3.63, 3.8) is 0 Å². The molecule has 0 saturated carbocycles. The monoisotopic (exact) mass is 345 g/mol. The summed E-state index contributed by atoms with van der Waals surface area (Å²) in [4.78, 5) is 1.23. The Hall–Kier alpha value is -1.26. The highest BCUT2D eigenvalue weighted by Crippen LogP contribution is 2.44.